The van der Waals surface area contributed by atoms with Gasteiger partial charge in [0.2, 0.25) is 11.8 Å². The normalized spacial score (nSPS) is 11.1. The number of nitrogen functional groups attached to an aromatic ring is 1. The highest BCUT2D eigenvalue weighted by molar-refractivity contribution is 6.10. The molecule has 0 radical (unpaired) electrons. The van der Waals surface area contributed by atoms with Crippen molar-refractivity contribution in [1.29, 1.82) is 0 Å². The SMILES string of the molecule is C=CCOc1c(C(=O)O)ccc(NC(=O)c2ccc(NC(=O)c3ccc(NC(=O)[C@H](CC(N)=O)NC(=O)c4ccc(N)cc4)cc3)c(OC(C)C)c2OCC=C)c1OC(C)C. The molecule has 4 aromatic carbocycles. The molecule has 4 rings (SSSR count). The highest BCUT2D eigenvalue weighted by Crippen LogP contribution is 2.43. The van der Waals surface area contributed by atoms with Gasteiger partial charge in [-0.25, -0.2) is 4.79 Å². The molecule has 17 nitrogen and oxygen atoms in total. The second-order valence-electron chi connectivity index (χ2n) is 13.8. The van der Waals surface area contributed by atoms with Crippen LogP contribution < -0.4 is 51.7 Å². The third-order valence-electron chi connectivity index (χ3n) is 8.21. The van der Waals surface area contributed by atoms with E-state index in [-0.39, 0.29) is 75.5 Å². The second kappa shape index (κ2) is 21.3. The summed E-state index contributed by atoms with van der Waals surface area (Å²) in [6.45, 7) is 14.2. The molecule has 0 fully saturated rings. The lowest BCUT2D eigenvalue weighted by atomic mass is 10.1. The van der Waals surface area contributed by atoms with Gasteiger partial charge in [0.1, 0.15) is 24.8 Å². The molecule has 0 aliphatic carbocycles. The van der Waals surface area contributed by atoms with Crippen molar-refractivity contribution in [1.82, 2.24) is 5.32 Å². The number of nitrogens with two attached hydrogens (primary N) is 2. The molecule has 1 atom stereocenters. The minimum atomic E-state index is -1.31. The van der Waals surface area contributed by atoms with E-state index in [2.05, 4.69) is 34.4 Å². The molecule has 0 aromatic heterocycles. The first-order chi connectivity index (χ1) is 29.0. The molecule has 17 heteroatoms. The Morgan fingerprint density at radius 2 is 1.11 bits per heavy atom. The van der Waals surface area contributed by atoms with Crippen LogP contribution in [0.3, 0.4) is 0 Å². The Morgan fingerprint density at radius 3 is 1.61 bits per heavy atom. The van der Waals surface area contributed by atoms with Gasteiger partial charge in [0, 0.05) is 22.5 Å². The van der Waals surface area contributed by atoms with Gasteiger partial charge in [0.25, 0.3) is 17.7 Å². The molecule has 61 heavy (non-hydrogen) atoms. The fraction of sp³-hybridized carbons (Fsp3) is 0.227. The van der Waals surface area contributed by atoms with Crippen molar-refractivity contribution in [2.75, 3.05) is 34.9 Å². The van der Waals surface area contributed by atoms with Gasteiger partial charge in [0.05, 0.1) is 35.6 Å². The summed E-state index contributed by atoms with van der Waals surface area (Å²) in [5.74, 6) is -4.87. The number of ether oxygens (including phenoxy) is 4. The summed E-state index contributed by atoms with van der Waals surface area (Å²) in [5, 5.41) is 20.5. The van der Waals surface area contributed by atoms with E-state index in [1.807, 2.05) is 0 Å². The number of hydrogen-bond donors (Lipinski definition) is 7. The quantitative estimate of drug-likeness (QED) is 0.0389. The largest absolute Gasteiger partial charge is 0.485 e. The van der Waals surface area contributed by atoms with Crippen molar-refractivity contribution >= 4 is 58.3 Å². The maximum absolute atomic E-state index is 14.0. The highest BCUT2D eigenvalue weighted by atomic mass is 16.5. The maximum atomic E-state index is 14.0. The average molecular weight is 837 g/mol. The molecule has 0 spiro atoms. The molecule has 0 aliphatic rings. The van der Waals surface area contributed by atoms with Crippen LogP contribution in [0.4, 0.5) is 22.7 Å². The fourth-order valence-electron chi connectivity index (χ4n) is 5.55. The van der Waals surface area contributed by atoms with Crippen molar-refractivity contribution in [2.24, 2.45) is 5.73 Å². The van der Waals surface area contributed by atoms with Gasteiger partial charge in [-0.3, -0.25) is 24.0 Å². The van der Waals surface area contributed by atoms with E-state index in [1.165, 1.54) is 84.9 Å². The number of carboxylic acid groups (broad SMARTS) is 1. The third kappa shape index (κ3) is 12.6. The molecule has 0 heterocycles. The summed E-state index contributed by atoms with van der Waals surface area (Å²) in [6, 6.07) is 15.9. The van der Waals surface area contributed by atoms with Crippen LogP contribution in [0, 0.1) is 0 Å². The zero-order chi connectivity index (χ0) is 44.8. The lowest BCUT2D eigenvalue weighted by Crippen LogP contribution is -2.46. The van der Waals surface area contributed by atoms with E-state index in [0.717, 1.165) is 0 Å². The number of carboxylic acids is 1. The smallest absolute Gasteiger partial charge is 0.339 e. The summed E-state index contributed by atoms with van der Waals surface area (Å²) in [4.78, 5) is 77.4. The zero-order valence-electron chi connectivity index (χ0n) is 34.0. The Hall–Kier alpha value is -7.82. The first kappa shape index (κ1) is 45.9. The molecular formula is C44H48N6O11. The van der Waals surface area contributed by atoms with E-state index in [9.17, 15) is 33.9 Å². The van der Waals surface area contributed by atoms with Gasteiger partial charge in [-0.15, -0.1) is 0 Å². The number of aromatic carboxylic acids is 1. The number of carbonyl (C=O) groups excluding carboxylic acids is 5. The van der Waals surface area contributed by atoms with Gasteiger partial charge in [-0.05, 0) is 100 Å². The van der Waals surface area contributed by atoms with Crippen LogP contribution in [0.15, 0.2) is 98.1 Å². The summed E-state index contributed by atoms with van der Waals surface area (Å²) in [6.07, 6.45) is 1.51. The summed E-state index contributed by atoms with van der Waals surface area (Å²) < 4.78 is 23.7. The van der Waals surface area contributed by atoms with Crippen molar-refractivity contribution in [3.63, 3.8) is 0 Å². The number of carbonyl (C=O) groups is 6. The second-order valence-corrected chi connectivity index (χ2v) is 13.8. The minimum absolute atomic E-state index is 0.0127. The monoisotopic (exact) mass is 836 g/mol. The predicted octanol–water partition coefficient (Wildman–Crippen LogP) is 5.79. The van der Waals surface area contributed by atoms with E-state index in [0.29, 0.717) is 5.69 Å². The fourth-order valence-corrected chi connectivity index (χ4v) is 5.55. The summed E-state index contributed by atoms with van der Waals surface area (Å²) in [7, 11) is 0. The van der Waals surface area contributed by atoms with Crippen LogP contribution >= 0.6 is 0 Å². The van der Waals surface area contributed by atoms with Crippen LogP contribution in [0.25, 0.3) is 0 Å². The number of amides is 5. The van der Waals surface area contributed by atoms with Crippen LogP contribution in [0.1, 0.15) is 75.5 Å². The van der Waals surface area contributed by atoms with E-state index >= 15 is 0 Å². The Morgan fingerprint density at radius 1 is 0.639 bits per heavy atom. The molecular weight excluding hydrogens is 789 g/mol. The number of primary amides is 1. The van der Waals surface area contributed by atoms with Crippen molar-refractivity contribution in [2.45, 2.75) is 52.4 Å². The number of benzene rings is 4. The van der Waals surface area contributed by atoms with Gasteiger partial charge in [-0.1, -0.05) is 25.3 Å². The molecule has 0 bridgehead atoms. The average Bonchev–Trinajstić information content (AvgIpc) is 3.20. The van der Waals surface area contributed by atoms with E-state index < -0.39 is 60.2 Å². The molecule has 4 aromatic rings. The number of nitrogens with one attached hydrogen (secondary N) is 4. The highest BCUT2D eigenvalue weighted by Gasteiger charge is 2.28. The number of rotatable bonds is 21. The van der Waals surface area contributed by atoms with Gasteiger partial charge >= 0.3 is 5.97 Å². The number of hydrogen-bond acceptors (Lipinski definition) is 11. The van der Waals surface area contributed by atoms with Crippen molar-refractivity contribution in [3.05, 3.63) is 120 Å². The van der Waals surface area contributed by atoms with Crippen LogP contribution in [-0.4, -0.2) is 72.1 Å². The maximum Gasteiger partial charge on any atom is 0.339 e. The Labute approximate surface area is 352 Å². The summed E-state index contributed by atoms with van der Waals surface area (Å²) >= 11 is 0. The van der Waals surface area contributed by atoms with E-state index in [1.54, 1.807) is 27.7 Å². The first-order valence-electron chi connectivity index (χ1n) is 18.9. The lowest BCUT2D eigenvalue weighted by molar-refractivity contribution is -0.123. The molecule has 0 saturated heterocycles. The Bertz CT molecular complexity index is 2290. The van der Waals surface area contributed by atoms with E-state index in [4.69, 9.17) is 30.4 Å². The first-order valence-corrected chi connectivity index (χ1v) is 18.9. The van der Waals surface area contributed by atoms with Crippen LogP contribution in [0.2, 0.25) is 0 Å². The Kier molecular flexibility index (Phi) is 16.0. The summed E-state index contributed by atoms with van der Waals surface area (Å²) in [5.41, 5.74) is 12.1. The molecule has 0 saturated carbocycles. The molecule has 0 unspecified atom stereocenters. The molecule has 5 amide bonds. The number of anilines is 4. The van der Waals surface area contributed by atoms with Gasteiger partial charge < -0.3 is 56.8 Å². The van der Waals surface area contributed by atoms with Crippen molar-refractivity contribution in [3.8, 4) is 23.0 Å². The predicted molar refractivity (Wildman–Crippen MR) is 230 cm³/mol. The standard InChI is InChI=1S/C44H48N6O11/c1-7-21-58-36-30(42(54)49-33-20-18-31(44(56)57)37(59-22-8-2)39(33)61-25(5)6)17-19-32(38(36)60-24(3)4)48-40(52)27-11-15-29(16-12-27)47-43(55)34(23-35(46)51)50-41(53)26-9-13-28(45)14-10-26/h7-20,24-25,34H,1-2,21-23,45H2,3-6H3,(H2,46,51)(H,47,55)(H,48,52)(H,49,54)(H,50,53)(H,56,57)/t34-/m0/s1. The third-order valence-corrected chi connectivity index (χ3v) is 8.21. The van der Waals surface area contributed by atoms with Gasteiger partial charge in [-0.2, -0.15) is 0 Å². The minimum Gasteiger partial charge on any atom is -0.485 e. The van der Waals surface area contributed by atoms with Crippen LogP contribution in [-0.2, 0) is 9.59 Å². The van der Waals surface area contributed by atoms with Crippen LogP contribution in [0.5, 0.6) is 23.0 Å². The Balaban J connectivity index is 1.61. The molecule has 320 valence electrons. The molecule has 0 aliphatic heterocycles. The topological polar surface area (TPSA) is 260 Å². The lowest BCUT2D eigenvalue weighted by Gasteiger charge is -2.22. The van der Waals surface area contributed by atoms with Crippen molar-refractivity contribution < 1.29 is 52.8 Å². The molecule has 9 N–H and O–H groups in total. The van der Waals surface area contributed by atoms with Gasteiger partial charge in [0.15, 0.2) is 23.0 Å². The zero-order valence-corrected chi connectivity index (χ0v) is 34.0.